The average molecular weight is 210 g/mol. The maximum Gasteiger partial charge on any atom is 0.118 e. The number of rotatable bonds is 5. The maximum atomic E-state index is 9.57. The van der Waals surface area contributed by atoms with Crippen LogP contribution in [0.5, 0.6) is 5.75 Å². The molecule has 0 aliphatic carbocycles. The highest BCUT2D eigenvalue weighted by molar-refractivity contribution is 5.28. The van der Waals surface area contributed by atoms with Gasteiger partial charge in [0.15, 0.2) is 0 Å². The lowest BCUT2D eigenvalue weighted by molar-refractivity contribution is -0.0259. The molecule has 0 aliphatic rings. The van der Waals surface area contributed by atoms with Gasteiger partial charge in [0.05, 0.1) is 13.2 Å². The number of ether oxygens (including phenoxy) is 2. The third-order valence-electron chi connectivity index (χ3n) is 2.23. The fourth-order valence-electron chi connectivity index (χ4n) is 1.49. The molecule has 0 spiro atoms. The normalized spacial score (nSPS) is 14.7. The molecular weight excluding hydrogens is 192 g/mol. The van der Waals surface area contributed by atoms with Gasteiger partial charge in [0.1, 0.15) is 11.9 Å². The predicted molar refractivity (Wildman–Crippen MR) is 59.0 cm³/mol. The Hall–Kier alpha value is -1.06. The zero-order valence-corrected chi connectivity index (χ0v) is 9.43. The number of benzene rings is 1. The topological polar surface area (TPSA) is 38.7 Å². The van der Waals surface area contributed by atoms with Gasteiger partial charge in [-0.15, -0.1) is 0 Å². The highest BCUT2D eigenvalue weighted by Gasteiger charge is 2.16. The van der Waals surface area contributed by atoms with E-state index in [9.17, 15) is 5.11 Å². The Morgan fingerprint density at radius 1 is 1.27 bits per heavy atom. The molecule has 1 aromatic rings. The summed E-state index contributed by atoms with van der Waals surface area (Å²) in [6, 6.07) is 7.55. The molecule has 3 heteroatoms. The second kappa shape index (κ2) is 5.73. The second-order valence-corrected chi connectivity index (χ2v) is 3.39. The van der Waals surface area contributed by atoms with Gasteiger partial charge < -0.3 is 14.6 Å². The fraction of sp³-hybridized carbons (Fsp3) is 0.500. The van der Waals surface area contributed by atoms with Crippen molar-refractivity contribution in [2.45, 2.75) is 26.1 Å². The van der Waals surface area contributed by atoms with E-state index >= 15 is 0 Å². The molecule has 2 atom stereocenters. The Bertz CT molecular complexity index is 279. The number of aliphatic hydroxyl groups is 1. The van der Waals surface area contributed by atoms with Crippen molar-refractivity contribution in [2.24, 2.45) is 0 Å². The van der Waals surface area contributed by atoms with Gasteiger partial charge in [0, 0.05) is 6.61 Å². The van der Waals surface area contributed by atoms with Crippen molar-refractivity contribution in [3.63, 3.8) is 0 Å². The van der Waals surface area contributed by atoms with Crippen molar-refractivity contribution in [1.82, 2.24) is 0 Å². The Labute approximate surface area is 90.6 Å². The van der Waals surface area contributed by atoms with E-state index in [2.05, 4.69) is 0 Å². The number of methoxy groups -OCH3 is 1. The molecule has 0 saturated carbocycles. The summed E-state index contributed by atoms with van der Waals surface area (Å²) < 4.78 is 10.5. The molecule has 0 amide bonds. The van der Waals surface area contributed by atoms with Crippen LogP contribution in [0.25, 0.3) is 0 Å². The standard InChI is InChI=1S/C12H18O3/c1-4-15-12(9(2)13)10-5-7-11(14-3)8-6-10/h5-9,12-13H,4H2,1-3H3/t9-,12-/m0/s1. The third-order valence-corrected chi connectivity index (χ3v) is 2.23. The van der Waals surface area contributed by atoms with Gasteiger partial charge in [-0.2, -0.15) is 0 Å². The van der Waals surface area contributed by atoms with Gasteiger partial charge in [0.2, 0.25) is 0 Å². The quantitative estimate of drug-likeness (QED) is 0.809. The summed E-state index contributed by atoms with van der Waals surface area (Å²) >= 11 is 0. The number of hydrogen-bond acceptors (Lipinski definition) is 3. The van der Waals surface area contributed by atoms with Crippen LogP contribution >= 0.6 is 0 Å². The van der Waals surface area contributed by atoms with E-state index in [4.69, 9.17) is 9.47 Å². The average Bonchev–Trinajstić information content (AvgIpc) is 2.26. The Morgan fingerprint density at radius 2 is 1.87 bits per heavy atom. The first-order valence-corrected chi connectivity index (χ1v) is 5.12. The molecule has 84 valence electrons. The molecule has 0 aliphatic heterocycles. The molecule has 0 radical (unpaired) electrons. The summed E-state index contributed by atoms with van der Waals surface area (Å²) in [6.45, 7) is 4.23. The van der Waals surface area contributed by atoms with Crippen LogP contribution in [0.4, 0.5) is 0 Å². The zero-order valence-electron chi connectivity index (χ0n) is 9.43. The molecule has 1 N–H and O–H groups in total. The molecule has 1 rings (SSSR count). The van der Waals surface area contributed by atoms with Crippen LogP contribution in [0.15, 0.2) is 24.3 Å². The first-order chi connectivity index (χ1) is 7.19. The summed E-state index contributed by atoms with van der Waals surface area (Å²) in [5.74, 6) is 0.805. The summed E-state index contributed by atoms with van der Waals surface area (Å²) in [4.78, 5) is 0. The van der Waals surface area contributed by atoms with Gasteiger partial charge in [0.25, 0.3) is 0 Å². The van der Waals surface area contributed by atoms with Crippen molar-refractivity contribution < 1.29 is 14.6 Å². The maximum absolute atomic E-state index is 9.57. The van der Waals surface area contributed by atoms with Crippen molar-refractivity contribution in [1.29, 1.82) is 0 Å². The van der Waals surface area contributed by atoms with Crippen molar-refractivity contribution >= 4 is 0 Å². The lowest BCUT2D eigenvalue weighted by Gasteiger charge is -2.20. The number of aliphatic hydroxyl groups excluding tert-OH is 1. The lowest BCUT2D eigenvalue weighted by atomic mass is 10.1. The van der Waals surface area contributed by atoms with Crippen molar-refractivity contribution in [3.05, 3.63) is 29.8 Å². The van der Waals surface area contributed by atoms with Crippen LogP contribution in [-0.4, -0.2) is 24.9 Å². The Balaban J connectivity index is 2.81. The highest BCUT2D eigenvalue weighted by Crippen LogP contribution is 2.23. The van der Waals surface area contributed by atoms with E-state index in [0.29, 0.717) is 6.61 Å². The second-order valence-electron chi connectivity index (χ2n) is 3.39. The molecule has 0 bridgehead atoms. The van der Waals surface area contributed by atoms with E-state index < -0.39 is 6.10 Å². The molecule has 0 fully saturated rings. The van der Waals surface area contributed by atoms with Gasteiger partial charge >= 0.3 is 0 Å². The minimum Gasteiger partial charge on any atom is -0.497 e. The Morgan fingerprint density at radius 3 is 2.27 bits per heavy atom. The van der Waals surface area contributed by atoms with Crippen LogP contribution in [0.2, 0.25) is 0 Å². The molecule has 0 aromatic heterocycles. The minimum atomic E-state index is -0.515. The monoisotopic (exact) mass is 210 g/mol. The van der Waals surface area contributed by atoms with E-state index in [1.807, 2.05) is 31.2 Å². The smallest absolute Gasteiger partial charge is 0.118 e. The Kier molecular flexibility index (Phi) is 4.59. The van der Waals surface area contributed by atoms with Crippen LogP contribution in [0, 0.1) is 0 Å². The SMILES string of the molecule is CCO[C@H](c1ccc(OC)cc1)[C@H](C)O. The van der Waals surface area contributed by atoms with Crippen molar-refractivity contribution in [3.8, 4) is 5.75 Å². The first kappa shape index (κ1) is 12.0. The van der Waals surface area contributed by atoms with Crippen LogP contribution < -0.4 is 4.74 Å². The van der Waals surface area contributed by atoms with Gasteiger partial charge in [-0.1, -0.05) is 12.1 Å². The van der Waals surface area contributed by atoms with E-state index in [0.717, 1.165) is 11.3 Å². The largest absolute Gasteiger partial charge is 0.497 e. The highest BCUT2D eigenvalue weighted by atomic mass is 16.5. The molecule has 0 unspecified atom stereocenters. The molecule has 0 saturated heterocycles. The van der Waals surface area contributed by atoms with E-state index in [1.165, 1.54) is 0 Å². The van der Waals surface area contributed by atoms with E-state index in [-0.39, 0.29) is 6.10 Å². The fourth-order valence-corrected chi connectivity index (χ4v) is 1.49. The predicted octanol–water partition coefficient (Wildman–Crippen LogP) is 2.15. The van der Waals surface area contributed by atoms with Gasteiger partial charge in [-0.3, -0.25) is 0 Å². The summed E-state index contributed by atoms with van der Waals surface area (Å²) in [5.41, 5.74) is 0.965. The summed E-state index contributed by atoms with van der Waals surface area (Å²) in [7, 11) is 1.63. The van der Waals surface area contributed by atoms with Crippen molar-refractivity contribution in [2.75, 3.05) is 13.7 Å². The van der Waals surface area contributed by atoms with E-state index in [1.54, 1.807) is 14.0 Å². The summed E-state index contributed by atoms with van der Waals surface area (Å²) in [5, 5.41) is 9.57. The molecule has 1 aromatic carbocycles. The summed E-state index contributed by atoms with van der Waals surface area (Å²) in [6.07, 6.45) is -0.778. The lowest BCUT2D eigenvalue weighted by Crippen LogP contribution is -2.17. The molecular formula is C12H18O3. The van der Waals surface area contributed by atoms with Gasteiger partial charge in [-0.25, -0.2) is 0 Å². The first-order valence-electron chi connectivity index (χ1n) is 5.12. The van der Waals surface area contributed by atoms with Gasteiger partial charge in [-0.05, 0) is 31.5 Å². The zero-order chi connectivity index (χ0) is 11.3. The van der Waals surface area contributed by atoms with Crippen LogP contribution in [-0.2, 0) is 4.74 Å². The molecule has 0 heterocycles. The number of hydrogen-bond donors (Lipinski definition) is 1. The molecule has 15 heavy (non-hydrogen) atoms. The van der Waals surface area contributed by atoms with Crippen LogP contribution in [0.3, 0.4) is 0 Å². The third kappa shape index (κ3) is 3.22. The minimum absolute atomic E-state index is 0.263. The molecule has 3 nitrogen and oxygen atoms in total. The van der Waals surface area contributed by atoms with Crippen LogP contribution in [0.1, 0.15) is 25.5 Å².